The van der Waals surface area contributed by atoms with Crippen LogP contribution in [0.2, 0.25) is 0 Å². The largest absolute Gasteiger partial charge is 0.507 e. The number of hydrogen-bond acceptors (Lipinski definition) is 3. The number of carbonyl (C=O) groups excluding carboxylic acids is 1. The number of phenolic OH excluding ortho intramolecular Hbond substituents is 1. The van der Waals surface area contributed by atoms with Gasteiger partial charge in [0.05, 0.1) is 24.2 Å². The van der Waals surface area contributed by atoms with Crippen LogP contribution in [0.4, 0.5) is 5.69 Å². The molecular weight excluding hydrogens is 364 g/mol. The summed E-state index contributed by atoms with van der Waals surface area (Å²) < 4.78 is 5.86. The van der Waals surface area contributed by atoms with Gasteiger partial charge in [-0.05, 0) is 49.8 Å². The van der Waals surface area contributed by atoms with Crippen LogP contribution in [0.5, 0.6) is 5.75 Å². The molecule has 0 aliphatic carbocycles. The monoisotopic (exact) mass is 391 g/mol. The van der Waals surface area contributed by atoms with E-state index < -0.39 is 0 Å². The number of para-hydroxylation sites is 1. The Hall–Kier alpha value is -3.31. The Morgan fingerprint density at radius 2 is 1.83 bits per heavy atom. The lowest BCUT2D eigenvalue weighted by atomic mass is 10.0. The molecule has 5 nitrogen and oxygen atoms in total. The van der Waals surface area contributed by atoms with E-state index in [4.69, 9.17) is 4.42 Å². The second kappa shape index (κ2) is 8.80. The number of benzene rings is 2. The van der Waals surface area contributed by atoms with Crippen LogP contribution < -0.4 is 10.2 Å². The fourth-order valence-corrected chi connectivity index (χ4v) is 3.60. The van der Waals surface area contributed by atoms with E-state index in [9.17, 15) is 9.90 Å². The summed E-state index contributed by atoms with van der Waals surface area (Å²) >= 11 is 0. The maximum Gasteiger partial charge on any atom is 0.259 e. The highest BCUT2D eigenvalue weighted by molar-refractivity contribution is 6.14. The van der Waals surface area contributed by atoms with Crippen LogP contribution in [0, 0.1) is 13.8 Å². The number of aromatic hydroxyl groups is 1. The summed E-state index contributed by atoms with van der Waals surface area (Å²) in [5.74, 6) is 0.414. The van der Waals surface area contributed by atoms with E-state index in [2.05, 4.69) is 18.5 Å². The van der Waals surface area contributed by atoms with Crippen LogP contribution in [-0.2, 0) is 6.54 Å². The maximum atomic E-state index is 13.2. The van der Waals surface area contributed by atoms with Crippen molar-refractivity contribution in [3.8, 4) is 5.75 Å². The number of rotatable bonds is 8. The predicted molar refractivity (Wildman–Crippen MR) is 117 cm³/mol. The first kappa shape index (κ1) is 20.4. The van der Waals surface area contributed by atoms with Crippen LogP contribution in [0.25, 0.3) is 11.0 Å². The summed E-state index contributed by atoms with van der Waals surface area (Å²) in [6.45, 7) is 13.3. The van der Waals surface area contributed by atoms with E-state index in [1.54, 1.807) is 19.1 Å². The lowest BCUT2D eigenvalue weighted by Crippen LogP contribution is -3.10. The topological polar surface area (TPSA) is 66.9 Å². The van der Waals surface area contributed by atoms with Gasteiger partial charge < -0.3 is 19.7 Å². The van der Waals surface area contributed by atoms with Crippen molar-refractivity contribution in [3.05, 3.63) is 84.2 Å². The minimum absolute atomic E-state index is 0.147. The number of nitrogens with one attached hydrogen (secondary N) is 2. The minimum atomic E-state index is -0.253. The van der Waals surface area contributed by atoms with Crippen LogP contribution in [-0.4, -0.2) is 24.1 Å². The van der Waals surface area contributed by atoms with Crippen molar-refractivity contribution in [3.63, 3.8) is 0 Å². The highest BCUT2D eigenvalue weighted by Crippen LogP contribution is 2.34. The molecule has 2 aromatic carbocycles. The van der Waals surface area contributed by atoms with E-state index in [-0.39, 0.29) is 11.7 Å². The van der Waals surface area contributed by atoms with Gasteiger partial charge in [0, 0.05) is 11.1 Å². The first-order chi connectivity index (χ1) is 14.0. The fraction of sp³-hybridized carbons (Fsp3) is 0.208. The molecule has 1 amide bonds. The summed E-state index contributed by atoms with van der Waals surface area (Å²) in [6.07, 6.45) is 3.67. The molecule has 29 heavy (non-hydrogen) atoms. The molecule has 150 valence electrons. The molecule has 0 saturated carbocycles. The Bertz CT molecular complexity index is 1060. The zero-order chi connectivity index (χ0) is 21.0. The number of amides is 1. The number of fused-ring (bicyclic) bond motifs is 1. The van der Waals surface area contributed by atoms with Crippen molar-refractivity contribution in [2.45, 2.75) is 20.4 Å². The van der Waals surface area contributed by atoms with Crippen LogP contribution in [0.3, 0.4) is 0 Å². The lowest BCUT2D eigenvalue weighted by molar-refractivity contribution is -0.902. The van der Waals surface area contributed by atoms with Crippen LogP contribution in [0.1, 0.15) is 27.2 Å². The Balaban J connectivity index is 2.08. The average Bonchev–Trinajstić information content (AvgIpc) is 3.02. The van der Waals surface area contributed by atoms with Gasteiger partial charge in [0.25, 0.3) is 5.91 Å². The van der Waals surface area contributed by atoms with E-state index in [0.717, 1.165) is 16.2 Å². The first-order valence-corrected chi connectivity index (χ1v) is 9.62. The van der Waals surface area contributed by atoms with Gasteiger partial charge in [-0.15, -0.1) is 0 Å². The second-order valence-corrected chi connectivity index (χ2v) is 7.15. The molecule has 3 aromatic rings. The number of aryl methyl sites for hydroxylation is 2. The molecule has 0 aliphatic rings. The molecular formula is C24H27N2O3+. The zero-order valence-corrected chi connectivity index (χ0v) is 16.9. The van der Waals surface area contributed by atoms with Crippen molar-refractivity contribution < 1.29 is 19.2 Å². The summed E-state index contributed by atoms with van der Waals surface area (Å²) in [5, 5.41) is 14.2. The van der Waals surface area contributed by atoms with E-state index in [1.165, 1.54) is 0 Å². The van der Waals surface area contributed by atoms with E-state index >= 15 is 0 Å². The van der Waals surface area contributed by atoms with Gasteiger partial charge in [-0.2, -0.15) is 0 Å². The highest BCUT2D eigenvalue weighted by Gasteiger charge is 2.25. The van der Waals surface area contributed by atoms with Crippen molar-refractivity contribution in [2.24, 2.45) is 0 Å². The van der Waals surface area contributed by atoms with Crippen molar-refractivity contribution in [1.82, 2.24) is 0 Å². The number of anilines is 1. The normalized spacial score (nSPS) is 11.0. The number of quaternary nitrogens is 1. The summed E-state index contributed by atoms with van der Waals surface area (Å²) in [4.78, 5) is 14.3. The van der Waals surface area contributed by atoms with Gasteiger partial charge in [-0.3, -0.25) is 4.79 Å². The Labute approximate surface area is 171 Å². The Morgan fingerprint density at radius 3 is 2.48 bits per heavy atom. The molecule has 0 atom stereocenters. The molecule has 3 N–H and O–H groups in total. The summed E-state index contributed by atoms with van der Waals surface area (Å²) in [7, 11) is 0. The minimum Gasteiger partial charge on any atom is -0.507 e. The van der Waals surface area contributed by atoms with Crippen LogP contribution >= 0.6 is 0 Å². The number of hydrogen-bond donors (Lipinski definition) is 3. The van der Waals surface area contributed by atoms with Gasteiger partial charge in [0.1, 0.15) is 23.6 Å². The van der Waals surface area contributed by atoms with E-state index in [0.29, 0.717) is 47.5 Å². The molecule has 1 aromatic heterocycles. The molecule has 3 rings (SSSR count). The standard InChI is InChI=1S/C24H26N2O3/c1-5-13-26(14-6-2)15-18-20(27)11-12-21-23(18)22(17(4)29-21)24(28)25-19-10-8-7-9-16(19)3/h5-12,27H,1-2,13-15H2,3-4H3,(H,25,28)/p+1. The number of carbonyl (C=O) groups is 1. The van der Waals surface area contributed by atoms with Crippen LogP contribution in [0.15, 0.2) is 66.1 Å². The number of furan rings is 1. The third kappa shape index (κ3) is 4.25. The van der Waals surface area contributed by atoms with Gasteiger partial charge in [-0.25, -0.2) is 0 Å². The fourth-order valence-electron chi connectivity index (χ4n) is 3.60. The molecule has 0 aliphatic heterocycles. The molecule has 1 heterocycles. The zero-order valence-electron chi connectivity index (χ0n) is 16.9. The second-order valence-electron chi connectivity index (χ2n) is 7.15. The van der Waals surface area contributed by atoms with Crippen molar-refractivity contribution >= 4 is 22.6 Å². The molecule has 0 saturated heterocycles. The predicted octanol–water partition coefficient (Wildman–Crippen LogP) is 3.76. The van der Waals surface area contributed by atoms with Crippen molar-refractivity contribution in [1.29, 1.82) is 0 Å². The third-order valence-electron chi connectivity index (χ3n) is 5.03. The SMILES string of the molecule is C=CC[NH+](CC=C)Cc1c(O)ccc2oc(C)c(C(=O)Nc3ccccc3C)c12. The van der Waals surface area contributed by atoms with E-state index in [1.807, 2.05) is 43.3 Å². The van der Waals surface area contributed by atoms with Gasteiger partial charge in [0.2, 0.25) is 0 Å². The number of phenols is 1. The van der Waals surface area contributed by atoms with Gasteiger partial charge in [0.15, 0.2) is 0 Å². The maximum absolute atomic E-state index is 13.2. The lowest BCUT2D eigenvalue weighted by Gasteiger charge is -2.17. The Morgan fingerprint density at radius 1 is 1.14 bits per heavy atom. The highest BCUT2D eigenvalue weighted by atomic mass is 16.3. The third-order valence-corrected chi connectivity index (χ3v) is 5.03. The average molecular weight is 391 g/mol. The molecule has 0 unspecified atom stereocenters. The summed E-state index contributed by atoms with van der Waals surface area (Å²) in [6, 6.07) is 10.9. The van der Waals surface area contributed by atoms with Gasteiger partial charge in [-0.1, -0.05) is 31.4 Å². The smallest absolute Gasteiger partial charge is 0.259 e. The molecule has 0 spiro atoms. The summed E-state index contributed by atoms with van der Waals surface area (Å²) in [5.41, 5.74) is 3.45. The molecule has 0 bridgehead atoms. The Kier molecular flexibility index (Phi) is 6.20. The molecule has 0 radical (unpaired) electrons. The molecule has 5 heteroatoms. The van der Waals surface area contributed by atoms with Crippen molar-refractivity contribution in [2.75, 3.05) is 18.4 Å². The quantitative estimate of drug-likeness (QED) is 0.512. The molecule has 0 fully saturated rings. The first-order valence-electron chi connectivity index (χ1n) is 9.62. The van der Waals surface area contributed by atoms with Gasteiger partial charge >= 0.3 is 0 Å².